The van der Waals surface area contributed by atoms with E-state index in [4.69, 9.17) is 0 Å². The van der Waals surface area contributed by atoms with Gasteiger partial charge < -0.3 is 5.11 Å². The molecule has 1 aromatic heterocycles. The van der Waals surface area contributed by atoms with E-state index in [1.165, 1.54) is 0 Å². The van der Waals surface area contributed by atoms with Gasteiger partial charge in [0.15, 0.2) is 0 Å². The number of aromatic nitrogens is 1. The van der Waals surface area contributed by atoms with Gasteiger partial charge in [-0.2, -0.15) is 0 Å². The minimum absolute atomic E-state index is 0.274. The Labute approximate surface area is 121 Å². The van der Waals surface area contributed by atoms with E-state index in [1.807, 2.05) is 24.3 Å². The van der Waals surface area contributed by atoms with Crippen LogP contribution in [-0.4, -0.2) is 16.2 Å². The Balaban J connectivity index is 2.09. The molecule has 0 aliphatic heterocycles. The maximum Gasteiger partial charge on any atom is 0.0705 e. The average molecular weight is 271 g/mol. The number of para-hydroxylation sites is 1. The van der Waals surface area contributed by atoms with Gasteiger partial charge in [0.2, 0.25) is 0 Å². The molecule has 2 heteroatoms. The number of aliphatic hydroxyl groups is 1. The van der Waals surface area contributed by atoms with E-state index in [-0.39, 0.29) is 6.10 Å². The molecule has 0 aliphatic carbocycles. The molecule has 2 aromatic rings. The summed E-state index contributed by atoms with van der Waals surface area (Å²) in [6.07, 6.45) is 4.85. The molecule has 0 amide bonds. The zero-order chi connectivity index (χ0) is 14.4. The van der Waals surface area contributed by atoms with Gasteiger partial charge in [0.05, 0.1) is 11.6 Å². The quantitative estimate of drug-likeness (QED) is 0.812. The molecule has 0 fully saturated rings. The molecule has 1 aromatic carbocycles. The van der Waals surface area contributed by atoms with Crippen LogP contribution in [0.1, 0.15) is 45.2 Å². The molecule has 0 bridgehead atoms. The normalized spacial score (nSPS) is 13.0. The van der Waals surface area contributed by atoms with Crippen LogP contribution in [0.3, 0.4) is 0 Å². The predicted molar refractivity (Wildman–Crippen MR) is 84.8 cm³/mol. The van der Waals surface area contributed by atoms with Crippen molar-refractivity contribution in [3.8, 4) is 0 Å². The third-order valence-electron chi connectivity index (χ3n) is 3.94. The molecular weight excluding hydrogens is 246 g/mol. The van der Waals surface area contributed by atoms with Crippen LogP contribution in [0.15, 0.2) is 36.4 Å². The number of aliphatic hydroxyl groups excluding tert-OH is 1. The van der Waals surface area contributed by atoms with Gasteiger partial charge in [-0.15, -0.1) is 0 Å². The number of hydrogen-bond acceptors (Lipinski definition) is 2. The molecule has 1 N–H and O–H groups in total. The van der Waals surface area contributed by atoms with Crippen molar-refractivity contribution in [1.29, 1.82) is 0 Å². The van der Waals surface area contributed by atoms with Crippen molar-refractivity contribution in [2.45, 2.75) is 52.1 Å². The molecule has 1 heterocycles. The lowest BCUT2D eigenvalue weighted by Gasteiger charge is -2.22. The highest BCUT2D eigenvalue weighted by Gasteiger charge is 2.18. The van der Waals surface area contributed by atoms with Crippen molar-refractivity contribution in [1.82, 2.24) is 4.98 Å². The molecule has 20 heavy (non-hydrogen) atoms. The van der Waals surface area contributed by atoms with Crippen LogP contribution in [-0.2, 0) is 6.42 Å². The lowest BCUT2D eigenvalue weighted by molar-refractivity contribution is 0.0955. The fourth-order valence-corrected chi connectivity index (χ4v) is 2.87. The number of fused-ring (bicyclic) bond motifs is 1. The topological polar surface area (TPSA) is 33.1 Å². The highest BCUT2D eigenvalue weighted by atomic mass is 16.3. The Morgan fingerprint density at radius 3 is 2.40 bits per heavy atom. The lowest BCUT2D eigenvalue weighted by Crippen LogP contribution is -2.23. The van der Waals surface area contributed by atoms with Crippen LogP contribution in [0.2, 0.25) is 0 Å². The summed E-state index contributed by atoms with van der Waals surface area (Å²) in [6.45, 7) is 4.37. The van der Waals surface area contributed by atoms with Crippen LogP contribution in [0.25, 0.3) is 10.9 Å². The van der Waals surface area contributed by atoms with Crippen molar-refractivity contribution in [2.24, 2.45) is 5.92 Å². The smallest absolute Gasteiger partial charge is 0.0705 e. The van der Waals surface area contributed by atoms with Crippen molar-refractivity contribution in [3.63, 3.8) is 0 Å². The summed E-state index contributed by atoms with van der Waals surface area (Å²) in [5.41, 5.74) is 2.01. The summed E-state index contributed by atoms with van der Waals surface area (Å²) in [5.74, 6) is 0.401. The highest BCUT2D eigenvalue weighted by Crippen LogP contribution is 2.21. The Morgan fingerprint density at radius 2 is 1.70 bits per heavy atom. The van der Waals surface area contributed by atoms with Crippen molar-refractivity contribution >= 4 is 10.9 Å². The molecule has 108 valence electrons. The average Bonchev–Trinajstić information content (AvgIpc) is 2.47. The summed E-state index contributed by atoms with van der Waals surface area (Å²) in [6, 6.07) is 12.3. The molecule has 0 saturated carbocycles. The molecule has 0 radical (unpaired) electrons. The maximum absolute atomic E-state index is 10.5. The number of hydrogen-bond donors (Lipinski definition) is 1. The second-order valence-corrected chi connectivity index (χ2v) is 5.60. The van der Waals surface area contributed by atoms with Gasteiger partial charge >= 0.3 is 0 Å². The third kappa shape index (κ3) is 3.80. The number of nitrogens with zero attached hydrogens (tertiary/aromatic N) is 1. The summed E-state index contributed by atoms with van der Waals surface area (Å²) in [4.78, 5) is 4.66. The first-order chi connectivity index (χ1) is 9.74. The Kier molecular flexibility index (Phi) is 5.54. The van der Waals surface area contributed by atoms with E-state index in [0.29, 0.717) is 12.3 Å². The van der Waals surface area contributed by atoms with E-state index in [9.17, 15) is 5.11 Å². The second kappa shape index (κ2) is 7.39. The van der Waals surface area contributed by atoms with Crippen LogP contribution in [0.4, 0.5) is 0 Å². The minimum Gasteiger partial charge on any atom is -0.392 e. The largest absolute Gasteiger partial charge is 0.392 e. The fourth-order valence-electron chi connectivity index (χ4n) is 2.87. The lowest BCUT2D eigenvalue weighted by atomic mass is 9.90. The predicted octanol–water partition coefficient (Wildman–Crippen LogP) is 4.35. The molecule has 1 atom stereocenters. The van der Waals surface area contributed by atoms with E-state index >= 15 is 0 Å². The third-order valence-corrected chi connectivity index (χ3v) is 3.94. The van der Waals surface area contributed by atoms with Gasteiger partial charge in [-0.05, 0) is 30.9 Å². The first-order valence-electron chi connectivity index (χ1n) is 7.77. The van der Waals surface area contributed by atoms with E-state index in [0.717, 1.165) is 42.3 Å². The van der Waals surface area contributed by atoms with Gasteiger partial charge in [0.1, 0.15) is 0 Å². The summed E-state index contributed by atoms with van der Waals surface area (Å²) in [7, 11) is 0. The maximum atomic E-state index is 10.5. The Bertz CT molecular complexity index is 532. The van der Waals surface area contributed by atoms with Crippen LogP contribution >= 0.6 is 0 Å². The number of benzene rings is 1. The van der Waals surface area contributed by atoms with Crippen LogP contribution < -0.4 is 0 Å². The van der Waals surface area contributed by atoms with E-state index in [2.05, 4.69) is 31.0 Å². The SMILES string of the molecule is CCCC(CCC)C(O)Cc1ccc2ccccc2n1. The zero-order valence-electron chi connectivity index (χ0n) is 12.5. The minimum atomic E-state index is -0.274. The monoisotopic (exact) mass is 271 g/mol. The molecular formula is C18H25NO. The number of pyridine rings is 1. The fraction of sp³-hybridized carbons (Fsp3) is 0.500. The Hall–Kier alpha value is -1.41. The summed E-state index contributed by atoms with van der Waals surface area (Å²) in [5, 5.41) is 11.6. The van der Waals surface area contributed by atoms with Gasteiger partial charge in [-0.3, -0.25) is 4.98 Å². The van der Waals surface area contributed by atoms with Crippen molar-refractivity contribution in [3.05, 3.63) is 42.1 Å². The van der Waals surface area contributed by atoms with E-state index < -0.39 is 0 Å². The summed E-state index contributed by atoms with van der Waals surface area (Å²) >= 11 is 0. The zero-order valence-corrected chi connectivity index (χ0v) is 12.5. The van der Waals surface area contributed by atoms with Crippen LogP contribution in [0, 0.1) is 5.92 Å². The van der Waals surface area contributed by atoms with Gasteiger partial charge in [-0.25, -0.2) is 0 Å². The van der Waals surface area contributed by atoms with Gasteiger partial charge in [-0.1, -0.05) is 51.0 Å². The van der Waals surface area contributed by atoms with Gasteiger partial charge in [0, 0.05) is 17.5 Å². The molecule has 0 saturated heterocycles. The number of rotatable bonds is 7. The van der Waals surface area contributed by atoms with Crippen molar-refractivity contribution < 1.29 is 5.11 Å². The molecule has 0 aliphatic rings. The van der Waals surface area contributed by atoms with Crippen LogP contribution in [0.5, 0.6) is 0 Å². The first-order valence-corrected chi connectivity index (χ1v) is 7.77. The second-order valence-electron chi connectivity index (χ2n) is 5.60. The molecule has 2 nitrogen and oxygen atoms in total. The Morgan fingerprint density at radius 1 is 1.00 bits per heavy atom. The molecule has 1 unspecified atom stereocenters. The summed E-state index contributed by atoms with van der Waals surface area (Å²) < 4.78 is 0. The van der Waals surface area contributed by atoms with Gasteiger partial charge in [0.25, 0.3) is 0 Å². The molecule has 2 rings (SSSR count). The standard InChI is InChI=1S/C18H25NO/c1-3-7-15(8-4-2)18(20)13-16-12-11-14-9-5-6-10-17(14)19-16/h5-6,9-12,15,18,20H,3-4,7-8,13H2,1-2H3. The molecule has 0 spiro atoms. The van der Waals surface area contributed by atoms with E-state index in [1.54, 1.807) is 0 Å². The first kappa shape index (κ1) is 15.0. The highest BCUT2D eigenvalue weighted by molar-refractivity contribution is 5.78. The van der Waals surface area contributed by atoms with Crippen molar-refractivity contribution in [2.75, 3.05) is 0 Å².